The minimum absolute atomic E-state index is 0.0454. The molecule has 0 heterocycles. The number of nitrogens with zero attached hydrogens (tertiary/aromatic N) is 1. The van der Waals surface area contributed by atoms with Crippen LogP contribution in [0.1, 0.15) is 24.5 Å². The van der Waals surface area contributed by atoms with Gasteiger partial charge < -0.3 is 10.5 Å². The molecule has 0 amide bonds. The molecular formula is C13H18N2O2S. The minimum Gasteiger partial charge on any atom is -0.496 e. The van der Waals surface area contributed by atoms with Crippen molar-refractivity contribution >= 4 is 10.8 Å². The van der Waals surface area contributed by atoms with Gasteiger partial charge in [-0.2, -0.15) is 5.26 Å². The first kappa shape index (κ1) is 14.7. The topological polar surface area (TPSA) is 76.1 Å². The van der Waals surface area contributed by atoms with Gasteiger partial charge in [0.15, 0.2) is 0 Å². The van der Waals surface area contributed by atoms with Crippen molar-refractivity contribution in [3.8, 4) is 11.8 Å². The van der Waals surface area contributed by atoms with Crippen molar-refractivity contribution in [1.29, 1.82) is 5.26 Å². The maximum absolute atomic E-state index is 11.9. The standard InChI is InChI=1S/C13H18N2O2S/c1-3-12(15)9-18(16)8-11-6-10(7-14)4-5-13(11)17-2/h4-6,12H,3,8-9,15H2,1-2H3. The van der Waals surface area contributed by atoms with Crippen LogP contribution in [0.15, 0.2) is 18.2 Å². The molecule has 0 aliphatic carbocycles. The van der Waals surface area contributed by atoms with Crippen LogP contribution in [0.2, 0.25) is 0 Å². The molecule has 0 saturated carbocycles. The van der Waals surface area contributed by atoms with E-state index in [1.54, 1.807) is 25.3 Å². The molecule has 4 nitrogen and oxygen atoms in total. The number of ether oxygens (including phenoxy) is 1. The second-order valence-electron chi connectivity index (χ2n) is 4.06. The second-order valence-corrected chi connectivity index (χ2v) is 5.56. The van der Waals surface area contributed by atoms with E-state index in [9.17, 15) is 4.21 Å². The number of nitriles is 1. The predicted molar refractivity (Wildman–Crippen MR) is 72.7 cm³/mol. The predicted octanol–water partition coefficient (Wildman–Crippen LogP) is 1.55. The van der Waals surface area contributed by atoms with E-state index < -0.39 is 10.8 Å². The smallest absolute Gasteiger partial charge is 0.123 e. The first-order chi connectivity index (χ1) is 8.60. The number of hydrogen-bond acceptors (Lipinski definition) is 4. The second kappa shape index (κ2) is 7.14. The van der Waals surface area contributed by atoms with Crippen molar-refractivity contribution < 1.29 is 8.95 Å². The van der Waals surface area contributed by atoms with Gasteiger partial charge in [-0.25, -0.2) is 0 Å². The van der Waals surface area contributed by atoms with Gasteiger partial charge in [0.05, 0.1) is 24.5 Å². The Bertz CT molecular complexity index is 469. The summed E-state index contributed by atoms with van der Waals surface area (Å²) in [5.41, 5.74) is 7.11. The van der Waals surface area contributed by atoms with E-state index >= 15 is 0 Å². The Morgan fingerprint density at radius 3 is 2.83 bits per heavy atom. The molecule has 2 N–H and O–H groups in total. The lowest BCUT2D eigenvalue weighted by molar-refractivity contribution is 0.411. The summed E-state index contributed by atoms with van der Waals surface area (Å²) in [5, 5.41) is 8.86. The zero-order chi connectivity index (χ0) is 13.5. The molecule has 98 valence electrons. The molecule has 0 saturated heterocycles. The third kappa shape index (κ3) is 4.13. The highest BCUT2D eigenvalue weighted by Crippen LogP contribution is 2.21. The van der Waals surface area contributed by atoms with E-state index in [0.29, 0.717) is 22.8 Å². The quantitative estimate of drug-likeness (QED) is 0.847. The molecule has 0 bridgehead atoms. The van der Waals surface area contributed by atoms with Crippen LogP contribution in [0.4, 0.5) is 0 Å². The van der Waals surface area contributed by atoms with Gasteiger partial charge in [0.1, 0.15) is 5.75 Å². The summed E-state index contributed by atoms with van der Waals surface area (Å²) in [7, 11) is 0.524. The van der Waals surface area contributed by atoms with Crippen molar-refractivity contribution in [1.82, 2.24) is 0 Å². The largest absolute Gasteiger partial charge is 0.496 e. The molecule has 0 aliphatic heterocycles. The van der Waals surface area contributed by atoms with Gasteiger partial charge in [-0.1, -0.05) is 6.92 Å². The van der Waals surface area contributed by atoms with Gasteiger partial charge in [0.25, 0.3) is 0 Å². The number of benzene rings is 1. The van der Waals surface area contributed by atoms with E-state index in [1.165, 1.54) is 0 Å². The molecule has 1 aromatic carbocycles. The minimum atomic E-state index is -1.04. The van der Waals surface area contributed by atoms with E-state index in [4.69, 9.17) is 15.7 Å². The van der Waals surface area contributed by atoms with Crippen molar-refractivity contribution in [2.75, 3.05) is 12.9 Å². The number of hydrogen-bond donors (Lipinski definition) is 1. The number of methoxy groups -OCH3 is 1. The summed E-state index contributed by atoms with van der Waals surface area (Å²) in [4.78, 5) is 0. The monoisotopic (exact) mass is 266 g/mol. The Morgan fingerprint density at radius 1 is 1.56 bits per heavy atom. The van der Waals surface area contributed by atoms with Gasteiger partial charge in [-0.05, 0) is 24.6 Å². The Hall–Kier alpha value is -1.38. The summed E-state index contributed by atoms with van der Waals surface area (Å²) >= 11 is 0. The molecule has 0 radical (unpaired) electrons. The zero-order valence-electron chi connectivity index (χ0n) is 10.7. The molecule has 0 spiro atoms. The Morgan fingerprint density at radius 2 is 2.28 bits per heavy atom. The molecule has 2 atom stereocenters. The molecule has 0 fully saturated rings. The number of rotatable bonds is 6. The highest BCUT2D eigenvalue weighted by Gasteiger charge is 2.11. The van der Waals surface area contributed by atoms with Crippen LogP contribution < -0.4 is 10.5 Å². The van der Waals surface area contributed by atoms with E-state index in [0.717, 1.165) is 12.0 Å². The lowest BCUT2D eigenvalue weighted by Crippen LogP contribution is -2.26. The Kier molecular flexibility index (Phi) is 5.83. The fraction of sp³-hybridized carbons (Fsp3) is 0.462. The molecule has 5 heteroatoms. The summed E-state index contributed by atoms with van der Waals surface area (Å²) in [5.74, 6) is 1.50. The van der Waals surface area contributed by atoms with Crippen molar-refractivity contribution in [3.05, 3.63) is 29.3 Å². The third-order valence-electron chi connectivity index (χ3n) is 2.65. The van der Waals surface area contributed by atoms with Gasteiger partial charge >= 0.3 is 0 Å². The molecular weight excluding hydrogens is 248 g/mol. The summed E-state index contributed by atoms with van der Waals surface area (Å²) < 4.78 is 17.1. The third-order valence-corrected chi connectivity index (χ3v) is 4.08. The molecule has 1 rings (SSSR count). The van der Waals surface area contributed by atoms with Crippen LogP contribution >= 0.6 is 0 Å². The van der Waals surface area contributed by atoms with E-state index in [2.05, 4.69) is 6.07 Å². The fourth-order valence-electron chi connectivity index (χ4n) is 1.55. The van der Waals surface area contributed by atoms with Gasteiger partial charge in [0.2, 0.25) is 0 Å². The van der Waals surface area contributed by atoms with Crippen LogP contribution in [0.5, 0.6) is 5.75 Å². The van der Waals surface area contributed by atoms with E-state index in [-0.39, 0.29) is 6.04 Å². The Balaban J connectivity index is 2.82. The summed E-state index contributed by atoms with van der Waals surface area (Å²) in [6.45, 7) is 1.97. The van der Waals surface area contributed by atoms with Crippen LogP contribution in [0.25, 0.3) is 0 Å². The first-order valence-corrected chi connectivity index (χ1v) is 7.27. The van der Waals surface area contributed by atoms with Crippen molar-refractivity contribution in [2.45, 2.75) is 25.1 Å². The van der Waals surface area contributed by atoms with E-state index in [1.807, 2.05) is 6.92 Å². The Labute approximate surface area is 110 Å². The lowest BCUT2D eigenvalue weighted by atomic mass is 10.1. The summed E-state index contributed by atoms with van der Waals surface area (Å²) in [6, 6.07) is 7.15. The van der Waals surface area contributed by atoms with Crippen LogP contribution in [-0.4, -0.2) is 23.1 Å². The highest BCUT2D eigenvalue weighted by molar-refractivity contribution is 7.84. The SMILES string of the molecule is CCC(N)CS(=O)Cc1cc(C#N)ccc1OC. The average molecular weight is 266 g/mol. The maximum atomic E-state index is 11.9. The maximum Gasteiger partial charge on any atom is 0.123 e. The van der Waals surface area contributed by atoms with Crippen LogP contribution in [0, 0.1) is 11.3 Å². The van der Waals surface area contributed by atoms with Crippen LogP contribution in [-0.2, 0) is 16.6 Å². The molecule has 0 aromatic heterocycles. The average Bonchev–Trinajstić information content (AvgIpc) is 2.38. The first-order valence-electron chi connectivity index (χ1n) is 5.78. The fourth-order valence-corrected chi connectivity index (χ4v) is 2.95. The molecule has 1 aromatic rings. The summed E-state index contributed by atoms with van der Waals surface area (Å²) in [6.07, 6.45) is 0.807. The van der Waals surface area contributed by atoms with Gasteiger partial charge in [0, 0.05) is 28.2 Å². The normalized spacial score (nSPS) is 13.7. The highest BCUT2D eigenvalue weighted by atomic mass is 32.2. The molecule has 18 heavy (non-hydrogen) atoms. The molecule has 0 aliphatic rings. The lowest BCUT2D eigenvalue weighted by Gasteiger charge is -2.11. The van der Waals surface area contributed by atoms with Crippen molar-refractivity contribution in [2.24, 2.45) is 5.73 Å². The molecule has 2 unspecified atom stereocenters. The zero-order valence-corrected chi connectivity index (χ0v) is 11.5. The van der Waals surface area contributed by atoms with Crippen LogP contribution in [0.3, 0.4) is 0 Å². The van der Waals surface area contributed by atoms with Gasteiger partial charge in [-0.15, -0.1) is 0 Å². The van der Waals surface area contributed by atoms with Gasteiger partial charge in [-0.3, -0.25) is 4.21 Å². The number of nitrogens with two attached hydrogens (primary N) is 1. The van der Waals surface area contributed by atoms with Crippen molar-refractivity contribution in [3.63, 3.8) is 0 Å².